The molecule has 0 saturated heterocycles. The van der Waals surface area contributed by atoms with Crippen molar-refractivity contribution in [2.45, 2.75) is 17.5 Å². The first-order valence-corrected chi connectivity index (χ1v) is 12.2. The molecule has 2 aromatic carbocycles. The van der Waals surface area contributed by atoms with Gasteiger partial charge in [0.05, 0.1) is 21.9 Å². The molecule has 0 amide bonds. The molecule has 0 atom stereocenters. The van der Waals surface area contributed by atoms with E-state index in [0.29, 0.717) is 50.0 Å². The molecule has 33 heavy (non-hydrogen) atoms. The van der Waals surface area contributed by atoms with Crippen molar-refractivity contribution in [2.75, 3.05) is 0 Å². The fourth-order valence-electron chi connectivity index (χ4n) is 3.32. The first-order chi connectivity index (χ1) is 16.1. The second kappa shape index (κ2) is 9.35. The molecule has 3 aromatic heterocycles. The average molecular weight is 493 g/mol. The molecule has 0 saturated carbocycles. The van der Waals surface area contributed by atoms with Crippen molar-refractivity contribution in [3.05, 3.63) is 94.6 Å². The lowest BCUT2D eigenvalue weighted by Crippen LogP contribution is -2.21. The number of nitrogens with zero attached hydrogens (tertiary/aromatic N) is 4. The highest BCUT2D eigenvalue weighted by molar-refractivity contribution is 7.98. The Morgan fingerprint density at radius 3 is 2.70 bits per heavy atom. The Balaban J connectivity index is 1.46. The van der Waals surface area contributed by atoms with Gasteiger partial charge in [-0.1, -0.05) is 71.9 Å². The molecule has 0 N–H and O–H groups in total. The summed E-state index contributed by atoms with van der Waals surface area (Å²) in [5.41, 5.74) is 2.32. The molecular weight excluding hydrogens is 476 g/mol. The molecule has 5 aromatic rings. The minimum Gasteiger partial charge on any atom is -0.420 e. The number of thioether (sulfide) groups is 1. The lowest BCUT2D eigenvalue weighted by atomic mass is 10.2. The summed E-state index contributed by atoms with van der Waals surface area (Å²) >= 11 is 9.04. The fourth-order valence-corrected chi connectivity index (χ4v) is 5.43. The van der Waals surface area contributed by atoms with Gasteiger partial charge in [0.15, 0.2) is 5.16 Å². The van der Waals surface area contributed by atoms with Gasteiger partial charge in [-0.25, -0.2) is 4.98 Å². The molecular formula is C24H17ClN4O2S2. The van der Waals surface area contributed by atoms with Crippen LogP contribution >= 0.6 is 34.7 Å². The molecule has 6 nitrogen and oxygen atoms in total. The molecule has 3 heterocycles. The summed E-state index contributed by atoms with van der Waals surface area (Å²) in [5.74, 6) is 1.14. The molecule has 0 aliphatic carbocycles. The van der Waals surface area contributed by atoms with Crippen molar-refractivity contribution in [2.24, 2.45) is 0 Å². The minimum absolute atomic E-state index is 0.0862. The van der Waals surface area contributed by atoms with Crippen LogP contribution < -0.4 is 5.56 Å². The second-order valence-electron chi connectivity index (χ2n) is 7.06. The van der Waals surface area contributed by atoms with E-state index in [1.807, 2.05) is 54.6 Å². The molecule has 5 rings (SSSR count). The third-order valence-corrected chi connectivity index (χ3v) is 7.32. The fraction of sp³-hybridized carbons (Fsp3) is 0.0833. The summed E-state index contributed by atoms with van der Waals surface area (Å²) in [6.45, 7) is 4.15. The van der Waals surface area contributed by atoms with Gasteiger partial charge in [-0.15, -0.1) is 28.1 Å². The van der Waals surface area contributed by atoms with E-state index in [-0.39, 0.29) is 5.56 Å². The largest absolute Gasteiger partial charge is 0.420 e. The normalized spacial score (nSPS) is 11.2. The monoisotopic (exact) mass is 492 g/mol. The highest BCUT2D eigenvalue weighted by atomic mass is 35.5. The zero-order chi connectivity index (χ0) is 22.8. The number of hydrogen-bond acceptors (Lipinski definition) is 7. The van der Waals surface area contributed by atoms with Crippen molar-refractivity contribution in [3.8, 4) is 21.9 Å². The molecule has 0 spiro atoms. The Kier molecular flexibility index (Phi) is 6.13. The number of benzene rings is 2. The molecule has 0 fully saturated rings. The van der Waals surface area contributed by atoms with Crippen LogP contribution in [0.4, 0.5) is 0 Å². The lowest BCUT2D eigenvalue weighted by Gasteiger charge is -2.08. The Morgan fingerprint density at radius 1 is 1.12 bits per heavy atom. The quantitative estimate of drug-likeness (QED) is 0.151. The van der Waals surface area contributed by atoms with Gasteiger partial charge in [-0.05, 0) is 23.8 Å². The van der Waals surface area contributed by atoms with Crippen LogP contribution in [-0.2, 0) is 12.3 Å². The third kappa shape index (κ3) is 4.37. The third-order valence-electron chi connectivity index (χ3n) is 4.86. The van der Waals surface area contributed by atoms with E-state index in [1.54, 1.807) is 16.7 Å². The van der Waals surface area contributed by atoms with Gasteiger partial charge >= 0.3 is 0 Å². The van der Waals surface area contributed by atoms with Gasteiger partial charge in [0, 0.05) is 11.4 Å². The van der Waals surface area contributed by atoms with Crippen LogP contribution in [0.3, 0.4) is 0 Å². The first kappa shape index (κ1) is 21.6. The Labute approximate surface area is 202 Å². The average Bonchev–Trinajstić information content (AvgIpc) is 3.48. The minimum atomic E-state index is -0.0862. The molecule has 9 heteroatoms. The summed E-state index contributed by atoms with van der Waals surface area (Å²) in [6, 6.07) is 19.2. The van der Waals surface area contributed by atoms with E-state index < -0.39 is 0 Å². The van der Waals surface area contributed by atoms with Crippen LogP contribution in [0.5, 0.6) is 0 Å². The predicted molar refractivity (Wildman–Crippen MR) is 134 cm³/mol. The van der Waals surface area contributed by atoms with Crippen LogP contribution in [0.15, 0.2) is 87.7 Å². The number of allylic oxidation sites excluding steroid dienone is 1. The highest BCUT2D eigenvalue weighted by Gasteiger charge is 2.17. The van der Waals surface area contributed by atoms with Gasteiger partial charge in [-0.3, -0.25) is 9.36 Å². The molecule has 0 bridgehead atoms. The zero-order valence-corrected chi connectivity index (χ0v) is 19.7. The first-order valence-electron chi connectivity index (χ1n) is 10.0. The second-order valence-corrected chi connectivity index (χ2v) is 9.46. The standard InChI is InChI=1S/C24H17ClN4O2S2/c1-2-12-29-23(30)21-18(13-19(33-21)15-8-4-3-5-9-15)26-24(29)32-14-20-27-28-22(31-20)16-10-6-7-11-17(16)25/h2-11,13H,1,12,14H2. The molecule has 0 aliphatic heterocycles. The van der Waals surface area contributed by atoms with Gasteiger partial charge < -0.3 is 4.42 Å². The number of thiophene rings is 1. The van der Waals surface area contributed by atoms with E-state index in [9.17, 15) is 4.79 Å². The molecule has 0 aliphatic rings. The zero-order valence-electron chi connectivity index (χ0n) is 17.3. The maximum absolute atomic E-state index is 13.2. The van der Waals surface area contributed by atoms with Crippen molar-refractivity contribution in [1.82, 2.24) is 19.7 Å². The van der Waals surface area contributed by atoms with Crippen molar-refractivity contribution >= 4 is 44.9 Å². The number of fused-ring (bicyclic) bond motifs is 1. The summed E-state index contributed by atoms with van der Waals surface area (Å²) < 4.78 is 8.04. The SMILES string of the molecule is C=CCn1c(SCc2nnc(-c3ccccc3Cl)o2)nc2cc(-c3ccccc3)sc2c1=O. The van der Waals surface area contributed by atoms with E-state index >= 15 is 0 Å². The predicted octanol–water partition coefficient (Wildman–Crippen LogP) is 6.31. The molecule has 0 unspecified atom stereocenters. The Bertz CT molecular complexity index is 1510. The van der Waals surface area contributed by atoms with Crippen molar-refractivity contribution < 1.29 is 4.42 Å². The molecule has 164 valence electrons. The van der Waals surface area contributed by atoms with Crippen LogP contribution in [0.2, 0.25) is 5.02 Å². The van der Waals surface area contributed by atoms with E-state index in [4.69, 9.17) is 21.0 Å². The van der Waals surface area contributed by atoms with Crippen LogP contribution in [-0.4, -0.2) is 19.7 Å². The van der Waals surface area contributed by atoms with E-state index in [1.165, 1.54) is 23.1 Å². The van der Waals surface area contributed by atoms with Gasteiger partial charge in [0.2, 0.25) is 11.8 Å². The maximum Gasteiger partial charge on any atom is 0.272 e. The lowest BCUT2D eigenvalue weighted by molar-refractivity contribution is 0.528. The smallest absolute Gasteiger partial charge is 0.272 e. The number of aromatic nitrogens is 4. The van der Waals surface area contributed by atoms with Gasteiger partial charge in [0.1, 0.15) is 4.70 Å². The number of hydrogen-bond donors (Lipinski definition) is 0. The van der Waals surface area contributed by atoms with E-state index in [2.05, 4.69) is 16.8 Å². The van der Waals surface area contributed by atoms with Crippen molar-refractivity contribution in [3.63, 3.8) is 0 Å². The van der Waals surface area contributed by atoms with Crippen molar-refractivity contribution in [1.29, 1.82) is 0 Å². The van der Waals surface area contributed by atoms with Gasteiger partial charge in [0.25, 0.3) is 5.56 Å². The summed E-state index contributed by atoms with van der Waals surface area (Å²) in [5, 5.41) is 9.34. The van der Waals surface area contributed by atoms with Gasteiger partial charge in [-0.2, -0.15) is 0 Å². The maximum atomic E-state index is 13.2. The summed E-state index contributed by atoms with van der Waals surface area (Å²) in [7, 11) is 0. The summed E-state index contributed by atoms with van der Waals surface area (Å²) in [4.78, 5) is 19.0. The summed E-state index contributed by atoms with van der Waals surface area (Å²) in [6.07, 6.45) is 1.69. The number of halogens is 1. The topological polar surface area (TPSA) is 73.8 Å². The highest BCUT2D eigenvalue weighted by Crippen LogP contribution is 2.33. The number of rotatable bonds is 7. The Hall–Kier alpha value is -3.20. The van der Waals surface area contributed by atoms with E-state index in [0.717, 1.165) is 10.4 Å². The van der Waals surface area contributed by atoms with Crippen LogP contribution in [0.1, 0.15) is 5.89 Å². The Morgan fingerprint density at radius 2 is 1.91 bits per heavy atom. The van der Waals surface area contributed by atoms with Crippen LogP contribution in [0, 0.1) is 0 Å². The van der Waals surface area contributed by atoms with Crippen LogP contribution in [0.25, 0.3) is 32.1 Å². The molecule has 0 radical (unpaired) electrons.